The standard InChI is InChI=1S/C19H26N2O4S.ClH/c22-19(18-17-16(10-26-18)23-3-4-24-17)21-14-5-12-7-20-8-13(12)6-15(14)25-9-11-1-2-11;/h10-15,20H,1-9H2,(H,21,22);1H/t12-,13+,14-,15-;/m0./s1. The number of ether oxygens (including phenoxy) is 3. The summed E-state index contributed by atoms with van der Waals surface area (Å²) in [4.78, 5) is 13.5. The van der Waals surface area contributed by atoms with Crippen molar-refractivity contribution in [2.45, 2.75) is 37.8 Å². The van der Waals surface area contributed by atoms with E-state index in [4.69, 9.17) is 14.2 Å². The zero-order valence-corrected chi connectivity index (χ0v) is 16.9. The highest BCUT2D eigenvalue weighted by atomic mass is 35.5. The van der Waals surface area contributed by atoms with Gasteiger partial charge in [-0.1, -0.05) is 0 Å². The molecule has 3 heterocycles. The van der Waals surface area contributed by atoms with Crippen LogP contribution >= 0.6 is 23.7 Å². The average Bonchev–Trinajstić information content (AvgIpc) is 3.20. The van der Waals surface area contributed by atoms with Crippen LogP contribution in [0.25, 0.3) is 0 Å². The van der Waals surface area contributed by atoms with E-state index in [1.807, 2.05) is 5.38 Å². The van der Waals surface area contributed by atoms with E-state index in [0.717, 1.165) is 38.5 Å². The summed E-state index contributed by atoms with van der Waals surface area (Å²) in [6, 6.07) is 0.0738. The number of amides is 1. The monoisotopic (exact) mass is 414 g/mol. The molecule has 1 aromatic heterocycles. The Balaban J connectivity index is 0.00000180. The highest BCUT2D eigenvalue weighted by Crippen LogP contribution is 2.40. The Hall–Kier alpha value is -1.02. The van der Waals surface area contributed by atoms with E-state index in [1.54, 1.807) is 0 Å². The van der Waals surface area contributed by atoms with Gasteiger partial charge >= 0.3 is 0 Å². The fraction of sp³-hybridized carbons (Fsp3) is 0.737. The van der Waals surface area contributed by atoms with Crippen molar-refractivity contribution in [2.75, 3.05) is 32.9 Å². The quantitative estimate of drug-likeness (QED) is 0.774. The number of halogens is 1. The second kappa shape index (κ2) is 8.15. The molecule has 4 aliphatic rings. The zero-order valence-electron chi connectivity index (χ0n) is 15.3. The number of carbonyl (C=O) groups excluding carboxylic acids is 1. The first-order chi connectivity index (χ1) is 12.8. The van der Waals surface area contributed by atoms with Crippen LogP contribution in [-0.2, 0) is 4.74 Å². The molecular weight excluding hydrogens is 388 g/mol. The Bertz CT molecular complexity index is 681. The fourth-order valence-corrected chi connectivity index (χ4v) is 5.25. The summed E-state index contributed by atoms with van der Waals surface area (Å²) >= 11 is 1.40. The topological polar surface area (TPSA) is 68.8 Å². The van der Waals surface area contributed by atoms with Gasteiger partial charge in [-0.05, 0) is 56.5 Å². The van der Waals surface area contributed by atoms with Gasteiger partial charge in [-0.2, -0.15) is 0 Å². The maximum absolute atomic E-state index is 12.9. The van der Waals surface area contributed by atoms with Gasteiger partial charge in [-0.15, -0.1) is 23.7 Å². The van der Waals surface area contributed by atoms with Crippen LogP contribution in [0.4, 0.5) is 0 Å². The molecule has 0 aromatic carbocycles. The molecule has 5 rings (SSSR count). The number of carbonyl (C=O) groups is 1. The van der Waals surface area contributed by atoms with Gasteiger partial charge in [-0.25, -0.2) is 0 Å². The third-order valence-electron chi connectivity index (χ3n) is 6.09. The molecule has 1 aromatic rings. The van der Waals surface area contributed by atoms with Crippen molar-refractivity contribution in [1.82, 2.24) is 10.6 Å². The molecule has 2 saturated carbocycles. The van der Waals surface area contributed by atoms with E-state index in [2.05, 4.69) is 10.6 Å². The molecule has 8 heteroatoms. The Kier molecular flexibility index (Phi) is 5.83. The lowest BCUT2D eigenvalue weighted by Crippen LogP contribution is -2.50. The van der Waals surface area contributed by atoms with Gasteiger partial charge in [0.1, 0.15) is 18.1 Å². The van der Waals surface area contributed by atoms with Gasteiger partial charge in [0.25, 0.3) is 5.91 Å². The predicted octanol–water partition coefficient (Wildman–Crippen LogP) is 2.46. The SMILES string of the molecule is Cl.O=C(N[C@H]1C[C@H]2CNC[C@H]2C[C@@H]1OCC1CC1)c1scc2c1OCCO2. The lowest BCUT2D eigenvalue weighted by Gasteiger charge is -2.38. The van der Waals surface area contributed by atoms with Crippen molar-refractivity contribution in [2.24, 2.45) is 17.8 Å². The molecule has 0 unspecified atom stereocenters. The third kappa shape index (κ3) is 4.06. The molecule has 0 spiro atoms. The molecule has 1 saturated heterocycles. The predicted molar refractivity (Wildman–Crippen MR) is 105 cm³/mol. The fourth-order valence-electron chi connectivity index (χ4n) is 4.41. The minimum atomic E-state index is -0.0591. The van der Waals surface area contributed by atoms with Crippen LogP contribution in [0, 0.1) is 17.8 Å². The molecule has 1 amide bonds. The number of thiophene rings is 1. The summed E-state index contributed by atoms with van der Waals surface area (Å²) < 4.78 is 17.5. The maximum Gasteiger partial charge on any atom is 0.265 e. The van der Waals surface area contributed by atoms with Crippen LogP contribution in [0.2, 0.25) is 0 Å². The summed E-state index contributed by atoms with van der Waals surface area (Å²) in [5, 5.41) is 8.63. The van der Waals surface area contributed by atoms with Crippen LogP contribution in [0.1, 0.15) is 35.4 Å². The van der Waals surface area contributed by atoms with Crippen molar-refractivity contribution in [1.29, 1.82) is 0 Å². The first kappa shape index (κ1) is 19.3. The Morgan fingerprint density at radius 2 is 2.00 bits per heavy atom. The minimum absolute atomic E-state index is 0. The Labute approximate surface area is 169 Å². The van der Waals surface area contributed by atoms with Crippen molar-refractivity contribution in [3.63, 3.8) is 0 Å². The number of rotatable bonds is 5. The zero-order chi connectivity index (χ0) is 17.5. The average molecular weight is 415 g/mol. The molecule has 3 fully saturated rings. The van der Waals surface area contributed by atoms with Crippen LogP contribution in [0.3, 0.4) is 0 Å². The van der Waals surface area contributed by atoms with Crippen LogP contribution < -0.4 is 20.1 Å². The molecule has 2 aliphatic heterocycles. The van der Waals surface area contributed by atoms with Gasteiger partial charge in [0, 0.05) is 12.0 Å². The highest BCUT2D eigenvalue weighted by molar-refractivity contribution is 7.12. The third-order valence-corrected chi connectivity index (χ3v) is 7.03. The molecule has 0 radical (unpaired) electrons. The van der Waals surface area contributed by atoms with Crippen molar-refractivity contribution >= 4 is 29.7 Å². The molecule has 4 atom stereocenters. The number of hydrogen-bond donors (Lipinski definition) is 2. The van der Waals surface area contributed by atoms with E-state index >= 15 is 0 Å². The maximum atomic E-state index is 12.9. The van der Waals surface area contributed by atoms with E-state index in [0.29, 0.717) is 41.4 Å². The van der Waals surface area contributed by atoms with Gasteiger partial charge in [-0.3, -0.25) is 4.79 Å². The van der Waals surface area contributed by atoms with Crippen LogP contribution in [0.5, 0.6) is 11.5 Å². The summed E-state index contributed by atoms with van der Waals surface area (Å²) in [5.41, 5.74) is 0. The summed E-state index contributed by atoms with van der Waals surface area (Å²) in [6.45, 7) is 4.01. The van der Waals surface area contributed by atoms with E-state index in [1.165, 1.54) is 24.2 Å². The second-order valence-electron chi connectivity index (χ2n) is 8.00. The van der Waals surface area contributed by atoms with Gasteiger partial charge in [0.15, 0.2) is 11.5 Å². The summed E-state index contributed by atoms with van der Waals surface area (Å²) in [5.74, 6) is 3.29. The number of nitrogens with one attached hydrogen (secondary N) is 2. The van der Waals surface area contributed by atoms with Gasteiger partial charge in [0.2, 0.25) is 0 Å². The van der Waals surface area contributed by atoms with Crippen molar-refractivity contribution < 1.29 is 19.0 Å². The second-order valence-corrected chi connectivity index (χ2v) is 8.88. The molecule has 27 heavy (non-hydrogen) atoms. The molecule has 2 aliphatic carbocycles. The Morgan fingerprint density at radius 3 is 2.81 bits per heavy atom. The first-order valence-corrected chi connectivity index (χ1v) is 10.7. The van der Waals surface area contributed by atoms with E-state index in [-0.39, 0.29) is 30.5 Å². The summed E-state index contributed by atoms with van der Waals surface area (Å²) in [6.07, 6.45) is 4.72. The molecule has 150 valence electrons. The van der Waals surface area contributed by atoms with Gasteiger partial charge < -0.3 is 24.8 Å². The molecular formula is C19H27ClN2O4S. The molecule has 0 bridgehead atoms. The first-order valence-electron chi connectivity index (χ1n) is 9.78. The number of fused-ring (bicyclic) bond motifs is 2. The lowest BCUT2D eigenvalue weighted by atomic mass is 9.77. The van der Waals surface area contributed by atoms with Crippen LogP contribution in [0.15, 0.2) is 5.38 Å². The largest absolute Gasteiger partial charge is 0.485 e. The Morgan fingerprint density at radius 1 is 1.22 bits per heavy atom. The molecule has 6 nitrogen and oxygen atoms in total. The minimum Gasteiger partial charge on any atom is -0.485 e. The van der Waals surface area contributed by atoms with Crippen molar-refractivity contribution in [3.05, 3.63) is 10.3 Å². The molecule has 2 N–H and O–H groups in total. The number of hydrogen-bond acceptors (Lipinski definition) is 6. The summed E-state index contributed by atoms with van der Waals surface area (Å²) in [7, 11) is 0. The highest BCUT2D eigenvalue weighted by Gasteiger charge is 2.41. The van der Waals surface area contributed by atoms with Crippen LogP contribution in [-0.4, -0.2) is 51.0 Å². The van der Waals surface area contributed by atoms with E-state index in [9.17, 15) is 4.79 Å². The van der Waals surface area contributed by atoms with E-state index < -0.39 is 0 Å². The lowest BCUT2D eigenvalue weighted by molar-refractivity contribution is -0.0211. The normalized spacial score (nSPS) is 31.7. The smallest absolute Gasteiger partial charge is 0.265 e. The van der Waals surface area contributed by atoms with Crippen molar-refractivity contribution in [3.8, 4) is 11.5 Å². The van der Waals surface area contributed by atoms with Gasteiger partial charge in [0.05, 0.1) is 12.1 Å².